The van der Waals surface area contributed by atoms with Crippen LogP contribution in [-0.2, 0) is 0 Å². The van der Waals surface area contributed by atoms with E-state index in [9.17, 15) is 9.18 Å². The SMILES string of the molecule is CNCC1CCN(C(=O)c2c(-c3c(F)cccc3Cl)noc2C)CC1. The second-order valence-electron chi connectivity index (χ2n) is 6.35. The molecule has 3 rings (SSSR count). The predicted octanol–water partition coefficient (Wildman–Crippen LogP) is 3.51. The van der Waals surface area contributed by atoms with Gasteiger partial charge in [0.2, 0.25) is 0 Å². The van der Waals surface area contributed by atoms with E-state index in [2.05, 4.69) is 10.5 Å². The zero-order valence-corrected chi connectivity index (χ0v) is 15.1. The van der Waals surface area contributed by atoms with Gasteiger partial charge in [0.1, 0.15) is 22.8 Å². The van der Waals surface area contributed by atoms with Crippen molar-refractivity contribution < 1.29 is 13.7 Å². The number of nitrogens with zero attached hydrogens (tertiary/aromatic N) is 2. The number of benzene rings is 1. The van der Waals surface area contributed by atoms with Crippen LogP contribution in [0.25, 0.3) is 11.3 Å². The van der Waals surface area contributed by atoms with Gasteiger partial charge in [-0.3, -0.25) is 4.79 Å². The quantitative estimate of drug-likeness (QED) is 0.900. The van der Waals surface area contributed by atoms with E-state index >= 15 is 0 Å². The van der Waals surface area contributed by atoms with Crippen LogP contribution in [0.5, 0.6) is 0 Å². The maximum absolute atomic E-state index is 14.3. The Hall–Kier alpha value is -1.92. The van der Waals surface area contributed by atoms with Crippen LogP contribution in [0.4, 0.5) is 4.39 Å². The molecule has 0 radical (unpaired) electrons. The van der Waals surface area contributed by atoms with E-state index in [1.54, 1.807) is 17.9 Å². The van der Waals surface area contributed by atoms with Crippen molar-refractivity contribution in [2.45, 2.75) is 19.8 Å². The molecule has 7 heteroatoms. The molecule has 25 heavy (non-hydrogen) atoms. The van der Waals surface area contributed by atoms with Crippen LogP contribution >= 0.6 is 11.6 Å². The molecule has 1 amide bonds. The molecule has 1 aliphatic rings. The number of carbonyl (C=O) groups excluding carboxylic acids is 1. The van der Waals surface area contributed by atoms with Crippen molar-refractivity contribution in [3.63, 3.8) is 0 Å². The predicted molar refractivity (Wildman–Crippen MR) is 94.2 cm³/mol. The standard InChI is InChI=1S/C18H21ClFN3O2/c1-11-15(18(24)23-8-6-12(7-9-23)10-21-2)17(22-25-11)16-13(19)4-3-5-14(16)20/h3-5,12,21H,6-10H2,1-2H3. The Morgan fingerprint density at radius 2 is 2.16 bits per heavy atom. The van der Waals surface area contributed by atoms with E-state index in [0.29, 0.717) is 30.3 Å². The van der Waals surface area contributed by atoms with Crippen molar-refractivity contribution in [2.24, 2.45) is 5.92 Å². The molecule has 2 heterocycles. The zero-order chi connectivity index (χ0) is 18.0. The van der Waals surface area contributed by atoms with E-state index < -0.39 is 5.82 Å². The Morgan fingerprint density at radius 3 is 2.80 bits per heavy atom. The summed E-state index contributed by atoms with van der Waals surface area (Å²) in [5, 5.41) is 7.29. The fraction of sp³-hybridized carbons (Fsp3) is 0.444. The smallest absolute Gasteiger partial charge is 0.259 e. The Balaban J connectivity index is 1.89. The summed E-state index contributed by atoms with van der Waals surface area (Å²) in [6.45, 7) is 3.94. The number of hydrogen-bond acceptors (Lipinski definition) is 4. The highest BCUT2D eigenvalue weighted by Gasteiger charge is 2.30. The van der Waals surface area contributed by atoms with Crippen molar-refractivity contribution in [1.29, 1.82) is 0 Å². The Morgan fingerprint density at radius 1 is 1.44 bits per heavy atom. The highest BCUT2D eigenvalue weighted by molar-refractivity contribution is 6.33. The number of hydrogen-bond donors (Lipinski definition) is 1. The molecule has 1 aromatic heterocycles. The summed E-state index contributed by atoms with van der Waals surface area (Å²) < 4.78 is 19.5. The molecule has 0 bridgehead atoms. The molecule has 0 unspecified atom stereocenters. The Bertz CT molecular complexity index is 749. The third-order valence-corrected chi connectivity index (χ3v) is 4.99. The van der Waals surface area contributed by atoms with Crippen molar-refractivity contribution in [3.05, 3.63) is 40.4 Å². The molecule has 0 spiro atoms. The fourth-order valence-electron chi connectivity index (χ4n) is 3.31. The summed E-state index contributed by atoms with van der Waals surface area (Å²) in [4.78, 5) is 14.8. The summed E-state index contributed by atoms with van der Waals surface area (Å²) in [6.07, 6.45) is 1.87. The maximum Gasteiger partial charge on any atom is 0.259 e. The topological polar surface area (TPSA) is 58.4 Å². The molecule has 5 nitrogen and oxygen atoms in total. The van der Waals surface area contributed by atoms with E-state index in [-0.39, 0.29) is 22.2 Å². The molecule has 1 N–H and O–H groups in total. The Labute approximate surface area is 151 Å². The van der Waals surface area contributed by atoms with Crippen LogP contribution in [0.3, 0.4) is 0 Å². The first-order valence-corrected chi connectivity index (χ1v) is 8.75. The van der Waals surface area contributed by atoms with Gasteiger partial charge in [-0.15, -0.1) is 0 Å². The average Bonchev–Trinajstić information content (AvgIpc) is 2.96. The lowest BCUT2D eigenvalue weighted by molar-refractivity contribution is 0.0690. The number of likely N-dealkylation sites (tertiary alicyclic amines) is 1. The third kappa shape index (κ3) is 3.55. The van der Waals surface area contributed by atoms with Crippen molar-refractivity contribution >= 4 is 17.5 Å². The van der Waals surface area contributed by atoms with Gasteiger partial charge in [0, 0.05) is 13.1 Å². The molecule has 1 fully saturated rings. The molecular formula is C18H21ClFN3O2. The van der Waals surface area contributed by atoms with E-state index in [0.717, 1.165) is 19.4 Å². The number of piperidine rings is 1. The number of nitrogens with one attached hydrogen (secondary N) is 1. The van der Waals surface area contributed by atoms with E-state index in [1.165, 1.54) is 12.1 Å². The van der Waals surface area contributed by atoms with Gasteiger partial charge in [-0.25, -0.2) is 4.39 Å². The highest BCUT2D eigenvalue weighted by atomic mass is 35.5. The average molecular weight is 366 g/mol. The summed E-state index contributed by atoms with van der Waals surface area (Å²) >= 11 is 6.14. The molecule has 1 aliphatic heterocycles. The van der Waals surface area contributed by atoms with Crippen molar-refractivity contribution in [3.8, 4) is 11.3 Å². The third-order valence-electron chi connectivity index (χ3n) is 4.67. The monoisotopic (exact) mass is 365 g/mol. The summed E-state index contributed by atoms with van der Waals surface area (Å²) in [7, 11) is 1.93. The number of halogens is 2. The van der Waals surface area contributed by atoms with E-state index in [4.69, 9.17) is 16.1 Å². The van der Waals surface area contributed by atoms with Crippen LogP contribution < -0.4 is 5.32 Å². The number of amides is 1. The number of aryl methyl sites for hydroxylation is 1. The first-order chi connectivity index (χ1) is 12.0. The van der Waals surface area contributed by atoms with Gasteiger partial charge in [-0.2, -0.15) is 0 Å². The van der Waals surface area contributed by atoms with Gasteiger partial charge >= 0.3 is 0 Å². The second-order valence-corrected chi connectivity index (χ2v) is 6.76. The summed E-state index contributed by atoms with van der Waals surface area (Å²) in [5.41, 5.74) is 0.566. The zero-order valence-electron chi connectivity index (χ0n) is 14.3. The van der Waals surface area contributed by atoms with Crippen LogP contribution in [0, 0.1) is 18.7 Å². The summed E-state index contributed by atoms with van der Waals surface area (Å²) in [5.74, 6) is 0.230. The number of carbonyl (C=O) groups is 1. The molecule has 134 valence electrons. The van der Waals surface area contributed by atoms with Crippen LogP contribution in [0.15, 0.2) is 22.7 Å². The lowest BCUT2D eigenvalue weighted by atomic mass is 9.95. The molecule has 1 saturated heterocycles. The molecule has 0 atom stereocenters. The van der Waals surface area contributed by atoms with Crippen LogP contribution in [-0.4, -0.2) is 42.6 Å². The van der Waals surface area contributed by atoms with Gasteiger partial charge in [0.05, 0.1) is 10.6 Å². The minimum Gasteiger partial charge on any atom is -0.360 e. The molecular weight excluding hydrogens is 345 g/mol. The van der Waals surface area contributed by atoms with Crippen LogP contribution in [0.1, 0.15) is 29.0 Å². The lowest BCUT2D eigenvalue weighted by Gasteiger charge is -2.32. The molecule has 2 aromatic rings. The number of aromatic nitrogens is 1. The fourth-order valence-corrected chi connectivity index (χ4v) is 3.56. The van der Waals surface area contributed by atoms with Crippen LogP contribution in [0.2, 0.25) is 5.02 Å². The van der Waals surface area contributed by atoms with Gasteiger partial charge in [0.15, 0.2) is 0 Å². The van der Waals surface area contributed by atoms with Gasteiger partial charge in [-0.1, -0.05) is 22.8 Å². The van der Waals surface area contributed by atoms with Gasteiger partial charge in [-0.05, 0) is 51.4 Å². The minimum atomic E-state index is -0.525. The van der Waals surface area contributed by atoms with E-state index in [1.807, 2.05) is 7.05 Å². The first kappa shape index (κ1) is 17.9. The van der Waals surface area contributed by atoms with Crippen molar-refractivity contribution in [1.82, 2.24) is 15.4 Å². The minimum absolute atomic E-state index is 0.106. The molecule has 1 aromatic carbocycles. The first-order valence-electron chi connectivity index (χ1n) is 8.37. The van der Waals surface area contributed by atoms with Crippen molar-refractivity contribution in [2.75, 3.05) is 26.7 Å². The lowest BCUT2D eigenvalue weighted by Crippen LogP contribution is -2.40. The molecule has 0 saturated carbocycles. The largest absolute Gasteiger partial charge is 0.360 e. The number of rotatable bonds is 4. The normalized spacial score (nSPS) is 15.6. The van der Waals surface area contributed by atoms with Gasteiger partial charge < -0.3 is 14.7 Å². The summed E-state index contributed by atoms with van der Waals surface area (Å²) in [6, 6.07) is 4.38. The molecule has 0 aliphatic carbocycles. The van der Waals surface area contributed by atoms with Gasteiger partial charge in [0.25, 0.3) is 5.91 Å². The maximum atomic E-state index is 14.3. The highest BCUT2D eigenvalue weighted by Crippen LogP contribution is 2.34. The Kier molecular flexibility index (Phi) is 5.39. The second kappa shape index (κ2) is 7.54.